The van der Waals surface area contributed by atoms with Gasteiger partial charge in [-0.25, -0.2) is 0 Å². The molecule has 0 aromatic heterocycles. The fourth-order valence-corrected chi connectivity index (χ4v) is 5.87. The maximum atomic E-state index is 12.6. The first kappa shape index (κ1) is 45.4. The normalized spacial score (nSPS) is 12.1. The van der Waals surface area contributed by atoms with E-state index in [1.165, 1.54) is 103 Å². The van der Waals surface area contributed by atoms with Crippen molar-refractivity contribution in [1.82, 2.24) is 0 Å². The van der Waals surface area contributed by atoms with Crippen molar-refractivity contribution in [3.63, 3.8) is 0 Å². The van der Waals surface area contributed by atoms with Crippen molar-refractivity contribution in [2.45, 2.75) is 221 Å². The summed E-state index contributed by atoms with van der Waals surface area (Å²) in [4.78, 5) is 37.4. The Morgan fingerprint density at radius 2 is 0.702 bits per heavy atom. The third kappa shape index (κ3) is 35.5. The molecule has 0 aliphatic carbocycles. The average molecular weight is 667 g/mol. The number of unbranched alkanes of at least 4 members (excludes halogenated alkanes) is 20. The molecule has 0 radical (unpaired) electrons. The second-order valence-corrected chi connectivity index (χ2v) is 14.9. The van der Waals surface area contributed by atoms with E-state index in [9.17, 15) is 14.4 Å². The van der Waals surface area contributed by atoms with Gasteiger partial charge in [0.25, 0.3) is 0 Å². The minimum Gasteiger partial charge on any atom is -0.462 e. The molecule has 0 bridgehead atoms. The van der Waals surface area contributed by atoms with Gasteiger partial charge in [-0.3, -0.25) is 14.4 Å². The average Bonchev–Trinajstić information content (AvgIpc) is 3.03. The van der Waals surface area contributed by atoms with Crippen LogP contribution in [0.5, 0.6) is 0 Å². The number of carbonyl (C=O) groups excluding carboxylic acids is 3. The molecule has 0 aliphatic rings. The summed E-state index contributed by atoms with van der Waals surface area (Å²) in [5.41, 5.74) is 0. The molecule has 0 unspecified atom stereocenters. The van der Waals surface area contributed by atoms with E-state index >= 15 is 0 Å². The highest BCUT2D eigenvalue weighted by Gasteiger charge is 2.19. The van der Waals surface area contributed by atoms with E-state index in [4.69, 9.17) is 14.2 Å². The number of hydrogen-bond donors (Lipinski definition) is 0. The lowest BCUT2D eigenvalue weighted by Crippen LogP contribution is -2.30. The zero-order chi connectivity index (χ0) is 34.8. The number of hydrogen-bond acceptors (Lipinski definition) is 6. The van der Waals surface area contributed by atoms with Crippen molar-refractivity contribution >= 4 is 17.9 Å². The molecule has 0 fully saturated rings. The second-order valence-electron chi connectivity index (χ2n) is 14.9. The van der Waals surface area contributed by atoms with Crippen LogP contribution in [0.25, 0.3) is 0 Å². The summed E-state index contributed by atoms with van der Waals surface area (Å²) in [5, 5.41) is 0. The minimum atomic E-state index is -0.758. The van der Waals surface area contributed by atoms with Crippen LogP contribution in [0.15, 0.2) is 0 Å². The van der Waals surface area contributed by atoms with Crippen molar-refractivity contribution in [2.24, 2.45) is 11.8 Å². The van der Waals surface area contributed by atoms with E-state index in [-0.39, 0.29) is 31.1 Å². The van der Waals surface area contributed by atoms with Gasteiger partial charge < -0.3 is 14.2 Å². The van der Waals surface area contributed by atoms with Crippen LogP contribution in [0, 0.1) is 11.8 Å². The lowest BCUT2D eigenvalue weighted by Gasteiger charge is -2.18. The molecule has 0 saturated heterocycles. The lowest BCUT2D eigenvalue weighted by atomic mass is 10.0. The molecular formula is C41H78O6. The summed E-state index contributed by atoms with van der Waals surface area (Å²) >= 11 is 0. The van der Waals surface area contributed by atoms with Crippen molar-refractivity contribution in [1.29, 1.82) is 0 Å². The van der Waals surface area contributed by atoms with E-state index in [0.29, 0.717) is 19.3 Å². The Morgan fingerprint density at radius 1 is 0.404 bits per heavy atom. The van der Waals surface area contributed by atoms with Crippen molar-refractivity contribution in [2.75, 3.05) is 13.2 Å². The lowest BCUT2D eigenvalue weighted by molar-refractivity contribution is -0.167. The van der Waals surface area contributed by atoms with Gasteiger partial charge in [0.2, 0.25) is 0 Å². The van der Waals surface area contributed by atoms with E-state index in [0.717, 1.165) is 69.6 Å². The summed E-state index contributed by atoms with van der Waals surface area (Å²) in [6.45, 7) is 11.2. The highest BCUT2D eigenvalue weighted by molar-refractivity contribution is 5.71. The topological polar surface area (TPSA) is 78.9 Å². The van der Waals surface area contributed by atoms with Gasteiger partial charge in [0.05, 0.1) is 0 Å². The molecule has 6 nitrogen and oxygen atoms in total. The summed E-state index contributed by atoms with van der Waals surface area (Å²) in [5.74, 6) is 0.713. The second kappa shape index (κ2) is 34.3. The van der Waals surface area contributed by atoms with E-state index in [1.54, 1.807) is 0 Å². The van der Waals surface area contributed by atoms with Gasteiger partial charge in [-0.05, 0) is 31.1 Å². The zero-order valence-electron chi connectivity index (χ0n) is 31.9. The molecule has 0 spiro atoms. The van der Waals surface area contributed by atoms with Gasteiger partial charge in [0, 0.05) is 19.3 Å². The van der Waals surface area contributed by atoms with E-state index < -0.39 is 6.10 Å². The molecule has 47 heavy (non-hydrogen) atoms. The third-order valence-corrected chi connectivity index (χ3v) is 8.97. The Bertz CT molecular complexity index is 719. The van der Waals surface area contributed by atoms with Crippen molar-refractivity contribution in [3.05, 3.63) is 0 Å². The molecule has 1 atom stereocenters. The Labute approximate surface area is 291 Å². The first-order valence-electron chi connectivity index (χ1n) is 20.2. The van der Waals surface area contributed by atoms with Gasteiger partial charge in [0.1, 0.15) is 13.2 Å². The largest absolute Gasteiger partial charge is 0.462 e. The van der Waals surface area contributed by atoms with Crippen LogP contribution in [-0.4, -0.2) is 37.2 Å². The molecule has 0 heterocycles. The highest BCUT2D eigenvalue weighted by Crippen LogP contribution is 2.15. The summed E-state index contributed by atoms with van der Waals surface area (Å²) in [6, 6.07) is 0. The summed E-state index contributed by atoms with van der Waals surface area (Å²) in [7, 11) is 0. The Hall–Kier alpha value is -1.59. The van der Waals surface area contributed by atoms with E-state index in [1.807, 2.05) is 0 Å². The molecule has 6 heteroatoms. The van der Waals surface area contributed by atoms with Gasteiger partial charge in [0.15, 0.2) is 6.10 Å². The van der Waals surface area contributed by atoms with Crippen LogP contribution in [0.4, 0.5) is 0 Å². The molecular weight excluding hydrogens is 588 g/mol. The molecule has 0 rings (SSSR count). The monoisotopic (exact) mass is 667 g/mol. The van der Waals surface area contributed by atoms with Gasteiger partial charge in [-0.15, -0.1) is 0 Å². The maximum Gasteiger partial charge on any atom is 0.306 e. The van der Waals surface area contributed by atoms with Crippen LogP contribution in [0.2, 0.25) is 0 Å². The predicted octanol–water partition coefficient (Wildman–Crippen LogP) is 12.2. The van der Waals surface area contributed by atoms with Crippen LogP contribution in [0.1, 0.15) is 214 Å². The maximum absolute atomic E-state index is 12.6. The first-order valence-corrected chi connectivity index (χ1v) is 20.2. The third-order valence-electron chi connectivity index (χ3n) is 8.97. The van der Waals surface area contributed by atoms with Crippen molar-refractivity contribution in [3.8, 4) is 0 Å². The number of esters is 3. The van der Waals surface area contributed by atoms with Crippen LogP contribution >= 0.6 is 0 Å². The fraction of sp³-hybridized carbons (Fsp3) is 0.927. The fourth-order valence-electron chi connectivity index (χ4n) is 5.87. The molecule has 0 aromatic rings. The zero-order valence-corrected chi connectivity index (χ0v) is 31.9. The molecule has 278 valence electrons. The Kier molecular flexibility index (Phi) is 33.1. The van der Waals surface area contributed by atoms with Gasteiger partial charge in [-0.2, -0.15) is 0 Å². The highest BCUT2D eigenvalue weighted by atomic mass is 16.6. The van der Waals surface area contributed by atoms with E-state index in [2.05, 4.69) is 34.6 Å². The molecule has 0 N–H and O–H groups in total. The quantitative estimate of drug-likeness (QED) is 0.0380. The van der Waals surface area contributed by atoms with Gasteiger partial charge >= 0.3 is 17.9 Å². The van der Waals surface area contributed by atoms with Crippen LogP contribution < -0.4 is 0 Å². The molecule has 0 saturated carbocycles. The Morgan fingerprint density at radius 3 is 1.04 bits per heavy atom. The Balaban J connectivity index is 4.33. The molecule has 0 aromatic carbocycles. The van der Waals surface area contributed by atoms with Crippen molar-refractivity contribution < 1.29 is 28.6 Å². The van der Waals surface area contributed by atoms with Crippen LogP contribution in [0.3, 0.4) is 0 Å². The number of rotatable bonds is 35. The van der Waals surface area contributed by atoms with Gasteiger partial charge in [-0.1, -0.05) is 176 Å². The first-order chi connectivity index (χ1) is 22.7. The predicted molar refractivity (Wildman–Crippen MR) is 196 cm³/mol. The summed E-state index contributed by atoms with van der Waals surface area (Å²) in [6.07, 6.45) is 29.6. The van der Waals surface area contributed by atoms with Crippen LogP contribution in [-0.2, 0) is 28.6 Å². The minimum absolute atomic E-state index is 0.0671. The number of carbonyl (C=O) groups is 3. The molecule has 0 amide bonds. The molecule has 0 aliphatic heterocycles. The number of ether oxygens (including phenoxy) is 3. The standard InChI is InChI=1S/C41H78O6/c1-6-7-8-9-14-21-26-31-39(42)45-34-38(35-46-40(43)32-27-22-18-13-16-20-25-30-37(4)5)47-41(44)33-28-23-17-12-10-11-15-19-24-29-36(2)3/h36-38H,6-35H2,1-5H3/t38-/m1/s1. The smallest absolute Gasteiger partial charge is 0.306 e. The SMILES string of the molecule is CCCCCCCCCC(=O)OC[C@H](COC(=O)CCCCCCCCCC(C)C)OC(=O)CCCCCCCCCCCC(C)C. The summed E-state index contributed by atoms with van der Waals surface area (Å²) < 4.78 is 16.6.